The number of rotatable bonds is 9. The van der Waals surface area contributed by atoms with Crippen LogP contribution in [0.1, 0.15) is 33.4 Å². The van der Waals surface area contributed by atoms with E-state index in [0.29, 0.717) is 0 Å². The Bertz CT molecular complexity index is 2030. The zero-order valence-electron chi connectivity index (χ0n) is 26.0. The van der Waals surface area contributed by atoms with Crippen LogP contribution in [0.2, 0.25) is 0 Å². The maximum atomic E-state index is 4.13. The molecule has 224 valence electrons. The zero-order chi connectivity index (χ0) is 31.7. The molecule has 0 aliphatic heterocycles. The van der Waals surface area contributed by atoms with Crippen molar-refractivity contribution < 1.29 is 0 Å². The Kier molecular flexibility index (Phi) is 8.92. The summed E-state index contributed by atoms with van der Waals surface area (Å²) in [5.41, 5.74) is 12.7. The van der Waals surface area contributed by atoms with Gasteiger partial charge in [-0.05, 0) is 93.1 Å². The highest BCUT2D eigenvalue weighted by Gasteiger charge is 2.18. The molecule has 7 rings (SSSR count). The van der Waals surface area contributed by atoms with Crippen molar-refractivity contribution >= 4 is 40.4 Å². The van der Waals surface area contributed by atoms with E-state index in [1.54, 1.807) is 0 Å². The summed E-state index contributed by atoms with van der Waals surface area (Å²) in [5, 5.41) is 0. The van der Waals surface area contributed by atoms with E-state index in [4.69, 9.17) is 0 Å². The van der Waals surface area contributed by atoms with E-state index in [0.717, 1.165) is 39.3 Å². The van der Waals surface area contributed by atoms with Crippen molar-refractivity contribution in [2.75, 3.05) is 4.90 Å². The fourth-order valence-electron chi connectivity index (χ4n) is 5.93. The van der Waals surface area contributed by atoms with Gasteiger partial charge in [0.1, 0.15) is 0 Å². The number of hydrogen-bond donors (Lipinski definition) is 0. The molecule has 47 heavy (non-hydrogen) atoms. The van der Waals surface area contributed by atoms with Crippen LogP contribution in [-0.2, 0) is 0 Å². The third-order valence-corrected chi connectivity index (χ3v) is 8.19. The van der Waals surface area contributed by atoms with E-state index in [-0.39, 0.29) is 0 Å². The number of anilines is 3. The highest BCUT2D eigenvalue weighted by atomic mass is 15.1. The molecule has 0 spiro atoms. The standard InChI is InChI=1S/C45H34N2/c1-5-13-37(14-6-1)44(39-25-23-35(24-26-39)21-22-36-31-33-46-34-32-36)45(38-15-7-2-8-16-38)40-27-29-43(30-28-40)47(41-17-9-3-10-18-41)42-19-11-4-12-20-42/h1-34H/b22-21+,45-44+. The largest absolute Gasteiger partial charge is 0.311 e. The van der Waals surface area contributed by atoms with Gasteiger partial charge in [0.2, 0.25) is 0 Å². The average molecular weight is 603 g/mol. The van der Waals surface area contributed by atoms with Crippen LogP contribution in [0, 0.1) is 0 Å². The summed E-state index contributed by atoms with van der Waals surface area (Å²) in [7, 11) is 0. The summed E-state index contributed by atoms with van der Waals surface area (Å²) in [5.74, 6) is 0. The van der Waals surface area contributed by atoms with Crippen LogP contribution in [0.5, 0.6) is 0 Å². The van der Waals surface area contributed by atoms with E-state index in [1.165, 1.54) is 22.3 Å². The Morgan fingerprint density at radius 2 is 0.681 bits per heavy atom. The van der Waals surface area contributed by atoms with E-state index in [1.807, 2.05) is 24.5 Å². The minimum atomic E-state index is 1.10. The van der Waals surface area contributed by atoms with Crippen molar-refractivity contribution in [2.24, 2.45) is 0 Å². The first kappa shape index (κ1) is 29.5. The summed E-state index contributed by atoms with van der Waals surface area (Å²) in [6, 6.07) is 64.4. The molecule has 0 unspecified atom stereocenters. The van der Waals surface area contributed by atoms with E-state index in [2.05, 4.69) is 192 Å². The van der Waals surface area contributed by atoms with Crippen molar-refractivity contribution in [3.63, 3.8) is 0 Å². The molecule has 0 saturated heterocycles. The topological polar surface area (TPSA) is 16.1 Å². The molecule has 1 aromatic heterocycles. The molecule has 0 N–H and O–H groups in total. The second kappa shape index (κ2) is 14.2. The maximum absolute atomic E-state index is 4.13. The molecule has 0 atom stereocenters. The van der Waals surface area contributed by atoms with Gasteiger partial charge in [-0.1, -0.05) is 146 Å². The number of para-hydroxylation sites is 2. The van der Waals surface area contributed by atoms with E-state index >= 15 is 0 Å². The Morgan fingerprint density at radius 3 is 1.13 bits per heavy atom. The molecule has 2 heteroatoms. The molecule has 0 fully saturated rings. The molecule has 6 aromatic carbocycles. The fourth-order valence-corrected chi connectivity index (χ4v) is 5.93. The third kappa shape index (κ3) is 6.88. The lowest BCUT2D eigenvalue weighted by molar-refractivity contribution is 1.28. The summed E-state index contributed by atoms with van der Waals surface area (Å²) < 4.78 is 0. The van der Waals surface area contributed by atoms with Crippen LogP contribution in [0.15, 0.2) is 194 Å². The SMILES string of the molecule is C(=C\c1ccc(/C(=C(\c2ccccc2)c2ccc(N(c3ccccc3)c3ccccc3)cc2)c2ccccc2)cc1)/c1ccncc1. The quantitative estimate of drug-likeness (QED) is 0.153. The minimum absolute atomic E-state index is 1.10. The number of benzene rings is 6. The number of pyridine rings is 1. The van der Waals surface area contributed by atoms with Crippen LogP contribution in [0.3, 0.4) is 0 Å². The van der Waals surface area contributed by atoms with Gasteiger partial charge in [0.05, 0.1) is 0 Å². The van der Waals surface area contributed by atoms with Crippen molar-refractivity contribution in [1.29, 1.82) is 0 Å². The summed E-state index contributed by atoms with van der Waals surface area (Å²) in [4.78, 5) is 6.42. The van der Waals surface area contributed by atoms with Crippen molar-refractivity contribution in [3.8, 4) is 0 Å². The van der Waals surface area contributed by atoms with Gasteiger partial charge in [-0.15, -0.1) is 0 Å². The zero-order valence-corrected chi connectivity index (χ0v) is 26.0. The molecule has 0 aliphatic rings. The highest BCUT2D eigenvalue weighted by molar-refractivity contribution is 6.04. The summed E-state index contributed by atoms with van der Waals surface area (Å²) in [6.07, 6.45) is 7.90. The van der Waals surface area contributed by atoms with Crippen LogP contribution in [0.25, 0.3) is 23.3 Å². The lowest BCUT2D eigenvalue weighted by Crippen LogP contribution is -2.09. The molecule has 7 aromatic rings. The Morgan fingerprint density at radius 1 is 0.340 bits per heavy atom. The molecule has 0 bridgehead atoms. The van der Waals surface area contributed by atoms with E-state index in [9.17, 15) is 0 Å². The normalized spacial score (nSPS) is 11.7. The van der Waals surface area contributed by atoms with Crippen LogP contribution in [0.4, 0.5) is 17.1 Å². The summed E-state index contributed by atoms with van der Waals surface area (Å²) >= 11 is 0. The van der Waals surface area contributed by atoms with Gasteiger partial charge in [0.15, 0.2) is 0 Å². The number of hydrogen-bond acceptors (Lipinski definition) is 2. The molecule has 0 amide bonds. The first-order chi connectivity index (χ1) is 23.3. The lowest BCUT2D eigenvalue weighted by Gasteiger charge is -2.26. The monoisotopic (exact) mass is 602 g/mol. The first-order valence-electron chi connectivity index (χ1n) is 15.9. The van der Waals surface area contributed by atoms with Crippen LogP contribution < -0.4 is 4.90 Å². The Balaban J connectivity index is 1.35. The number of aromatic nitrogens is 1. The first-order valence-corrected chi connectivity index (χ1v) is 15.9. The molecule has 0 aliphatic carbocycles. The molecular formula is C45H34N2. The van der Waals surface area contributed by atoms with Gasteiger partial charge in [0, 0.05) is 29.5 Å². The van der Waals surface area contributed by atoms with Gasteiger partial charge in [-0.3, -0.25) is 4.98 Å². The van der Waals surface area contributed by atoms with Gasteiger partial charge < -0.3 is 4.90 Å². The van der Waals surface area contributed by atoms with Crippen molar-refractivity contribution in [3.05, 3.63) is 228 Å². The number of nitrogens with zero attached hydrogens (tertiary/aromatic N) is 2. The second-order valence-corrected chi connectivity index (χ2v) is 11.3. The van der Waals surface area contributed by atoms with Crippen molar-refractivity contribution in [1.82, 2.24) is 4.98 Å². The van der Waals surface area contributed by atoms with Crippen LogP contribution in [-0.4, -0.2) is 4.98 Å². The average Bonchev–Trinajstić information content (AvgIpc) is 3.16. The molecular weight excluding hydrogens is 569 g/mol. The smallest absolute Gasteiger partial charge is 0.0462 e. The van der Waals surface area contributed by atoms with Gasteiger partial charge in [0.25, 0.3) is 0 Å². The predicted octanol–water partition coefficient (Wildman–Crippen LogP) is 11.7. The minimum Gasteiger partial charge on any atom is -0.311 e. The third-order valence-electron chi connectivity index (χ3n) is 8.19. The predicted molar refractivity (Wildman–Crippen MR) is 199 cm³/mol. The molecule has 2 nitrogen and oxygen atoms in total. The fraction of sp³-hybridized carbons (Fsp3) is 0. The molecule has 0 saturated carbocycles. The highest BCUT2D eigenvalue weighted by Crippen LogP contribution is 2.39. The Labute approximate surface area is 277 Å². The van der Waals surface area contributed by atoms with E-state index < -0.39 is 0 Å². The van der Waals surface area contributed by atoms with Gasteiger partial charge in [-0.25, -0.2) is 0 Å². The Hall–Kier alpha value is -6.25. The molecule has 0 radical (unpaired) electrons. The van der Waals surface area contributed by atoms with Crippen molar-refractivity contribution in [2.45, 2.75) is 0 Å². The maximum Gasteiger partial charge on any atom is 0.0462 e. The van der Waals surface area contributed by atoms with Gasteiger partial charge in [-0.2, -0.15) is 0 Å². The van der Waals surface area contributed by atoms with Gasteiger partial charge >= 0.3 is 0 Å². The second-order valence-electron chi connectivity index (χ2n) is 11.3. The lowest BCUT2D eigenvalue weighted by atomic mass is 9.85. The summed E-state index contributed by atoms with van der Waals surface area (Å²) in [6.45, 7) is 0. The molecule has 1 heterocycles. The van der Waals surface area contributed by atoms with Crippen LogP contribution >= 0.6 is 0 Å².